The van der Waals surface area contributed by atoms with Gasteiger partial charge in [-0.05, 0) is 6.92 Å². The van der Waals surface area contributed by atoms with E-state index in [9.17, 15) is 23.7 Å². The van der Waals surface area contributed by atoms with Crippen LogP contribution in [0.4, 0.5) is 0 Å². The van der Waals surface area contributed by atoms with Crippen molar-refractivity contribution in [2.45, 2.75) is 19.1 Å². The fourth-order valence-corrected chi connectivity index (χ4v) is 4.03. The van der Waals surface area contributed by atoms with Crippen LogP contribution in [0.2, 0.25) is 0 Å². The number of methoxy groups -OCH3 is 1. The molecule has 0 saturated heterocycles. The molecule has 22 heavy (non-hydrogen) atoms. The van der Waals surface area contributed by atoms with Crippen molar-refractivity contribution in [2.75, 3.05) is 13.7 Å². The summed E-state index contributed by atoms with van der Waals surface area (Å²) in [6, 6.07) is 0. The number of hydrogen-bond acceptors (Lipinski definition) is 8. The summed E-state index contributed by atoms with van der Waals surface area (Å²) in [6.07, 6.45) is -2.58. The molecule has 4 atom stereocenters. The molecule has 0 aromatic carbocycles. The van der Waals surface area contributed by atoms with Crippen LogP contribution in [0.15, 0.2) is 0 Å². The van der Waals surface area contributed by atoms with Crippen LogP contribution < -0.4 is 0 Å². The highest BCUT2D eigenvalue weighted by Gasteiger charge is 2.41. The molecule has 15 heteroatoms. The highest BCUT2D eigenvalue weighted by atomic mass is 31.3. The van der Waals surface area contributed by atoms with E-state index in [1.807, 2.05) is 0 Å². The van der Waals surface area contributed by atoms with Gasteiger partial charge in [-0.2, -0.15) is 8.62 Å². The van der Waals surface area contributed by atoms with Crippen molar-refractivity contribution in [1.29, 1.82) is 0 Å². The van der Waals surface area contributed by atoms with E-state index >= 15 is 0 Å². The second-order valence-electron chi connectivity index (χ2n) is 3.50. The Morgan fingerprint density at radius 2 is 1.59 bits per heavy atom. The molecular formula is C7H15O12P3. The first-order valence-corrected chi connectivity index (χ1v) is 9.75. The molecule has 0 aromatic rings. The lowest BCUT2D eigenvalue weighted by molar-refractivity contribution is -0.0168. The van der Waals surface area contributed by atoms with E-state index in [1.165, 1.54) is 6.92 Å². The van der Waals surface area contributed by atoms with Gasteiger partial charge in [-0.1, -0.05) is 5.92 Å². The highest BCUT2D eigenvalue weighted by molar-refractivity contribution is 7.66. The molecule has 130 valence electrons. The smallest absolute Gasteiger partial charge is 0.378 e. The van der Waals surface area contributed by atoms with Gasteiger partial charge in [-0.25, -0.2) is 13.7 Å². The Labute approximate surface area is 125 Å². The average molecular weight is 384 g/mol. The minimum atomic E-state index is -5.57. The molecule has 0 aliphatic carbocycles. The molecule has 0 spiro atoms. The van der Waals surface area contributed by atoms with E-state index in [-0.39, 0.29) is 0 Å². The monoisotopic (exact) mass is 384 g/mol. The first-order chi connectivity index (χ1) is 9.82. The SMILES string of the molecule is CC#C[C@H](O)[C@@H](COP(=O)(O)OP(=O)(O)OP(=O)(O)O)OC. The van der Waals surface area contributed by atoms with Crippen molar-refractivity contribution in [1.82, 2.24) is 0 Å². The molecule has 0 heterocycles. The fraction of sp³-hybridized carbons (Fsp3) is 0.714. The maximum Gasteiger partial charge on any atom is 0.490 e. The molecule has 0 rings (SSSR count). The van der Waals surface area contributed by atoms with Crippen molar-refractivity contribution < 1.29 is 56.3 Å². The number of ether oxygens (including phenoxy) is 1. The van der Waals surface area contributed by atoms with E-state index < -0.39 is 42.3 Å². The largest absolute Gasteiger partial charge is 0.490 e. The maximum absolute atomic E-state index is 11.4. The number of phosphoric ester groups is 1. The Hall–Kier alpha value is -0.110. The zero-order valence-corrected chi connectivity index (χ0v) is 14.0. The maximum atomic E-state index is 11.4. The van der Waals surface area contributed by atoms with Gasteiger partial charge in [0.2, 0.25) is 0 Å². The summed E-state index contributed by atoms with van der Waals surface area (Å²) in [4.78, 5) is 34.7. The second-order valence-corrected chi connectivity index (χ2v) is 7.92. The van der Waals surface area contributed by atoms with Gasteiger partial charge in [0.15, 0.2) is 0 Å². The van der Waals surface area contributed by atoms with Crippen molar-refractivity contribution in [3.63, 3.8) is 0 Å². The van der Waals surface area contributed by atoms with Crippen molar-refractivity contribution >= 4 is 23.5 Å². The summed E-state index contributed by atoms with van der Waals surface area (Å²) < 4.78 is 48.8. The first-order valence-electron chi connectivity index (χ1n) is 5.23. The standard InChI is InChI=1S/C7H15O12P3/c1-3-4-6(8)7(16-2)5-17-21(12,13)19-22(14,15)18-20(9,10)11/h6-8H,5H2,1-2H3,(H,12,13)(H,14,15)(H2,9,10,11)/t6-,7+/m0/s1. The number of aliphatic hydroxyl groups excluding tert-OH is 1. The van der Waals surface area contributed by atoms with Crippen LogP contribution in [0.5, 0.6) is 0 Å². The molecule has 5 N–H and O–H groups in total. The zero-order chi connectivity index (χ0) is 17.6. The van der Waals surface area contributed by atoms with Gasteiger partial charge in [0.05, 0.1) is 6.61 Å². The molecule has 0 amide bonds. The summed E-state index contributed by atoms with van der Waals surface area (Å²) in [5.41, 5.74) is 0. The molecule has 0 aliphatic heterocycles. The third-order valence-electron chi connectivity index (χ3n) is 1.76. The number of rotatable bonds is 9. The summed E-state index contributed by atoms with van der Waals surface area (Å²) in [5, 5.41) is 9.47. The van der Waals surface area contributed by atoms with Crippen LogP contribution >= 0.6 is 23.5 Å². The Morgan fingerprint density at radius 1 is 1.05 bits per heavy atom. The first kappa shape index (κ1) is 21.9. The van der Waals surface area contributed by atoms with Crippen LogP contribution in [0, 0.1) is 11.8 Å². The minimum absolute atomic E-state index is 0.782. The predicted molar refractivity (Wildman–Crippen MR) is 70.1 cm³/mol. The van der Waals surface area contributed by atoms with Crippen LogP contribution in [0.1, 0.15) is 6.92 Å². The Bertz CT molecular complexity index is 557. The number of hydrogen-bond donors (Lipinski definition) is 5. The van der Waals surface area contributed by atoms with E-state index in [0.717, 1.165) is 7.11 Å². The molecule has 0 radical (unpaired) electrons. The summed E-state index contributed by atoms with van der Waals surface area (Å²) in [5.74, 6) is 4.62. The van der Waals surface area contributed by atoms with Gasteiger partial charge in [0.1, 0.15) is 12.2 Å². The number of aliphatic hydroxyl groups is 1. The van der Waals surface area contributed by atoms with Crippen LogP contribution in [0.3, 0.4) is 0 Å². The summed E-state index contributed by atoms with van der Waals surface area (Å²) in [7, 11) is -15.1. The van der Waals surface area contributed by atoms with Gasteiger partial charge in [-0.3, -0.25) is 4.52 Å². The van der Waals surface area contributed by atoms with E-state index in [0.29, 0.717) is 0 Å². The fourth-order valence-electron chi connectivity index (χ4n) is 1.000. The van der Waals surface area contributed by atoms with Crippen LogP contribution in [0.25, 0.3) is 0 Å². The van der Waals surface area contributed by atoms with E-state index in [2.05, 4.69) is 25.0 Å². The van der Waals surface area contributed by atoms with E-state index in [4.69, 9.17) is 19.4 Å². The second kappa shape index (κ2) is 8.66. The highest BCUT2D eigenvalue weighted by Crippen LogP contribution is 2.66. The molecule has 0 aliphatic rings. The van der Waals surface area contributed by atoms with Gasteiger partial charge in [0.25, 0.3) is 0 Å². The lowest BCUT2D eigenvalue weighted by Gasteiger charge is -2.20. The minimum Gasteiger partial charge on any atom is -0.378 e. The Kier molecular flexibility index (Phi) is 8.62. The normalized spacial score (nSPS) is 20.1. The molecular weight excluding hydrogens is 369 g/mol. The molecule has 0 saturated carbocycles. The quantitative estimate of drug-likeness (QED) is 0.259. The lowest BCUT2D eigenvalue weighted by atomic mass is 10.2. The Morgan fingerprint density at radius 3 is 2.00 bits per heavy atom. The zero-order valence-electron chi connectivity index (χ0n) is 11.3. The third kappa shape index (κ3) is 9.82. The summed E-state index contributed by atoms with van der Waals surface area (Å²) in [6.45, 7) is 0.633. The molecule has 2 unspecified atom stereocenters. The van der Waals surface area contributed by atoms with Gasteiger partial charge < -0.3 is 29.4 Å². The Balaban J connectivity index is 4.76. The van der Waals surface area contributed by atoms with Crippen LogP contribution in [-0.2, 0) is 31.6 Å². The molecule has 0 bridgehead atoms. The van der Waals surface area contributed by atoms with Crippen molar-refractivity contribution in [3.8, 4) is 11.8 Å². The van der Waals surface area contributed by atoms with Crippen LogP contribution in [-0.4, -0.2) is 50.6 Å². The molecule has 12 nitrogen and oxygen atoms in total. The predicted octanol–water partition coefficient (Wildman–Crippen LogP) is -0.271. The van der Waals surface area contributed by atoms with Gasteiger partial charge >= 0.3 is 23.5 Å². The molecule has 0 aromatic heterocycles. The van der Waals surface area contributed by atoms with Crippen molar-refractivity contribution in [3.05, 3.63) is 0 Å². The molecule has 0 fully saturated rings. The lowest BCUT2D eigenvalue weighted by Crippen LogP contribution is -2.31. The van der Waals surface area contributed by atoms with Crippen molar-refractivity contribution in [2.24, 2.45) is 0 Å². The number of phosphoric acid groups is 3. The van der Waals surface area contributed by atoms with Gasteiger partial charge in [-0.15, -0.1) is 5.92 Å². The van der Waals surface area contributed by atoms with E-state index in [1.54, 1.807) is 0 Å². The summed E-state index contributed by atoms with van der Waals surface area (Å²) >= 11 is 0. The van der Waals surface area contributed by atoms with Gasteiger partial charge in [0, 0.05) is 7.11 Å². The average Bonchev–Trinajstić information content (AvgIpc) is 2.24. The third-order valence-corrected chi connectivity index (χ3v) is 5.57. The topological polar surface area (TPSA) is 189 Å².